The number of methoxy groups -OCH3 is 3. The van der Waals surface area contributed by atoms with Crippen molar-refractivity contribution < 1.29 is 23.7 Å². The van der Waals surface area contributed by atoms with Gasteiger partial charge in [0.05, 0.1) is 17.7 Å². The van der Waals surface area contributed by atoms with Crippen LogP contribution in [0.15, 0.2) is 45.7 Å². The standard InChI is InChI=1S/C20H24N4O5S2/c1-25-10-12-16(26-2)17(27-3)19(29-12)24-9-14-18(23-20(24)30)22-15-11(28-8-7-21)5-4-6-13(15)31-14/h4-6,9,17,19H,7-8,10,21H2,1-3H3,(H,22,23,30)/t17?,19-/m1/s1. The number of hydrogen-bond acceptors (Lipinski definition) is 10. The molecule has 166 valence electrons. The minimum Gasteiger partial charge on any atom is -0.494 e. The molecule has 2 atom stereocenters. The molecule has 2 aliphatic heterocycles. The van der Waals surface area contributed by atoms with E-state index in [2.05, 4.69) is 10.3 Å². The van der Waals surface area contributed by atoms with Crippen molar-refractivity contribution in [3.8, 4) is 5.75 Å². The van der Waals surface area contributed by atoms with Crippen molar-refractivity contribution in [1.82, 2.24) is 9.55 Å². The van der Waals surface area contributed by atoms with Gasteiger partial charge in [-0.25, -0.2) is 4.98 Å². The highest BCUT2D eigenvalue weighted by Crippen LogP contribution is 2.47. The molecule has 2 aliphatic rings. The highest BCUT2D eigenvalue weighted by molar-refractivity contribution is 7.99. The van der Waals surface area contributed by atoms with Crippen molar-refractivity contribution in [2.24, 2.45) is 5.73 Å². The van der Waals surface area contributed by atoms with Crippen molar-refractivity contribution in [2.45, 2.75) is 22.1 Å². The smallest absolute Gasteiger partial charge is 0.211 e. The van der Waals surface area contributed by atoms with Gasteiger partial charge in [0, 0.05) is 31.9 Å². The number of anilines is 2. The van der Waals surface area contributed by atoms with E-state index >= 15 is 0 Å². The molecule has 0 bridgehead atoms. The second kappa shape index (κ2) is 9.45. The van der Waals surface area contributed by atoms with Gasteiger partial charge in [-0.05, 0) is 24.4 Å². The third-order valence-electron chi connectivity index (χ3n) is 4.82. The van der Waals surface area contributed by atoms with Crippen molar-refractivity contribution in [1.29, 1.82) is 0 Å². The van der Waals surface area contributed by atoms with Crippen LogP contribution in [-0.4, -0.2) is 56.7 Å². The Morgan fingerprint density at radius 2 is 2.13 bits per heavy atom. The summed E-state index contributed by atoms with van der Waals surface area (Å²) in [6.45, 7) is 1.13. The molecule has 0 aliphatic carbocycles. The van der Waals surface area contributed by atoms with Crippen LogP contribution in [0.1, 0.15) is 6.23 Å². The van der Waals surface area contributed by atoms with E-state index in [-0.39, 0.29) is 6.61 Å². The minimum atomic E-state index is -0.559. The van der Waals surface area contributed by atoms with Gasteiger partial charge in [0.2, 0.25) is 11.0 Å². The number of nitrogens with one attached hydrogen (secondary N) is 1. The molecule has 1 aromatic heterocycles. The molecule has 9 nitrogen and oxygen atoms in total. The van der Waals surface area contributed by atoms with Crippen molar-refractivity contribution in [3.63, 3.8) is 0 Å². The summed E-state index contributed by atoms with van der Waals surface area (Å²) in [6, 6.07) is 5.86. The fraction of sp³-hybridized carbons (Fsp3) is 0.400. The van der Waals surface area contributed by atoms with Crippen LogP contribution >= 0.6 is 24.0 Å². The van der Waals surface area contributed by atoms with Gasteiger partial charge in [-0.1, -0.05) is 17.8 Å². The lowest BCUT2D eigenvalue weighted by atomic mass is 10.2. The average molecular weight is 465 g/mol. The topological polar surface area (TPSA) is 102 Å². The third-order valence-corrected chi connectivity index (χ3v) is 6.20. The molecule has 11 heteroatoms. The number of hydrogen-bond donors (Lipinski definition) is 2. The van der Waals surface area contributed by atoms with Gasteiger partial charge in [0.15, 0.2) is 17.6 Å². The number of ether oxygens (including phenoxy) is 5. The fourth-order valence-electron chi connectivity index (χ4n) is 3.49. The van der Waals surface area contributed by atoms with E-state index in [4.69, 9.17) is 41.6 Å². The molecule has 0 saturated carbocycles. The predicted molar refractivity (Wildman–Crippen MR) is 118 cm³/mol. The molecular formula is C20H24N4O5S2. The second-order valence-electron chi connectivity index (χ2n) is 6.73. The SMILES string of the molecule is COCC1=C(OC)C(OC)[C@H](n2cc3c(nc2=S)Nc2c(OCCN)cccc2S3)O1. The van der Waals surface area contributed by atoms with E-state index < -0.39 is 12.3 Å². The van der Waals surface area contributed by atoms with Crippen LogP contribution in [0.5, 0.6) is 5.75 Å². The summed E-state index contributed by atoms with van der Waals surface area (Å²) in [5.74, 6) is 2.53. The Balaban J connectivity index is 1.67. The quantitative estimate of drug-likeness (QED) is 0.483. The fourth-order valence-corrected chi connectivity index (χ4v) is 4.73. The molecule has 2 aromatic rings. The summed E-state index contributed by atoms with van der Waals surface area (Å²) in [4.78, 5) is 6.52. The summed E-state index contributed by atoms with van der Waals surface area (Å²) in [7, 11) is 4.77. The maximum Gasteiger partial charge on any atom is 0.211 e. The molecule has 0 radical (unpaired) electrons. The first-order valence-corrected chi connectivity index (χ1v) is 10.8. The van der Waals surface area contributed by atoms with Gasteiger partial charge in [-0.3, -0.25) is 4.57 Å². The van der Waals surface area contributed by atoms with E-state index in [9.17, 15) is 0 Å². The summed E-state index contributed by atoms with van der Waals surface area (Å²) < 4.78 is 30.4. The third kappa shape index (κ3) is 4.11. The Morgan fingerprint density at radius 3 is 2.84 bits per heavy atom. The minimum absolute atomic E-state index is 0.264. The zero-order valence-electron chi connectivity index (χ0n) is 17.4. The molecule has 1 unspecified atom stereocenters. The van der Waals surface area contributed by atoms with Gasteiger partial charge >= 0.3 is 0 Å². The first-order chi connectivity index (χ1) is 15.1. The van der Waals surface area contributed by atoms with E-state index in [0.717, 1.165) is 21.2 Å². The van der Waals surface area contributed by atoms with Gasteiger partial charge in [-0.2, -0.15) is 0 Å². The van der Waals surface area contributed by atoms with Crippen LogP contribution in [0, 0.1) is 4.77 Å². The number of nitrogens with two attached hydrogens (primary N) is 1. The normalized spacial score (nSPS) is 19.4. The monoisotopic (exact) mass is 464 g/mol. The highest BCUT2D eigenvalue weighted by Gasteiger charge is 2.40. The van der Waals surface area contributed by atoms with Crippen LogP contribution in [0.2, 0.25) is 0 Å². The van der Waals surface area contributed by atoms with Gasteiger partial charge < -0.3 is 34.7 Å². The molecule has 0 spiro atoms. The van der Waals surface area contributed by atoms with Crippen molar-refractivity contribution >= 4 is 35.5 Å². The van der Waals surface area contributed by atoms with Crippen LogP contribution in [0.4, 0.5) is 11.5 Å². The number of aromatic nitrogens is 2. The van der Waals surface area contributed by atoms with Crippen LogP contribution in [-0.2, 0) is 18.9 Å². The highest BCUT2D eigenvalue weighted by atomic mass is 32.2. The van der Waals surface area contributed by atoms with E-state index in [1.54, 1.807) is 37.7 Å². The molecule has 4 rings (SSSR count). The molecular weight excluding hydrogens is 440 g/mol. The Bertz CT molecular complexity index is 1060. The van der Waals surface area contributed by atoms with Gasteiger partial charge in [-0.15, -0.1) is 0 Å². The molecule has 3 N–H and O–H groups in total. The maximum absolute atomic E-state index is 6.10. The van der Waals surface area contributed by atoms with E-state index in [1.165, 1.54) is 0 Å². The largest absolute Gasteiger partial charge is 0.494 e. The first-order valence-electron chi connectivity index (χ1n) is 9.60. The van der Waals surface area contributed by atoms with E-state index in [1.807, 2.05) is 24.4 Å². The number of nitrogens with zero attached hydrogens (tertiary/aromatic N) is 2. The Morgan fingerprint density at radius 1 is 1.29 bits per heavy atom. The van der Waals surface area contributed by atoms with Gasteiger partial charge in [0.25, 0.3) is 0 Å². The van der Waals surface area contributed by atoms with Crippen LogP contribution in [0.25, 0.3) is 0 Å². The van der Waals surface area contributed by atoms with Gasteiger partial charge in [0.1, 0.15) is 24.8 Å². The molecule has 0 fully saturated rings. The predicted octanol–water partition coefficient (Wildman–Crippen LogP) is 3.21. The van der Waals surface area contributed by atoms with Crippen LogP contribution in [0.3, 0.4) is 0 Å². The lowest BCUT2D eigenvalue weighted by Crippen LogP contribution is -2.26. The molecule has 31 heavy (non-hydrogen) atoms. The Hall–Kier alpha value is -2.31. The maximum atomic E-state index is 6.10. The molecule has 0 saturated heterocycles. The van der Waals surface area contributed by atoms with E-state index in [0.29, 0.717) is 35.3 Å². The number of benzene rings is 1. The second-order valence-corrected chi connectivity index (χ2v) is 8.18. The van der Waals surface area contributed by atoms with Crippen molar-refractivity contribution in [2.75, 3.05) is 46.4 Å². The molecule has 0 amide bonds. The summed E-state index contributed by atoms with van der Waals surface area (Å²) in [6.07, 6.45) is 0.877. The Labute approximate surface area is 189 Å². The summed E-state index contributed by atoms with van der Waals surface area (Å²) in [5.41, 5.74) is 6.43. The van der Waals surface area contributed by atoms with Crippen molar-refractivity contribution in [3.05, 3.63) is 40.7 Å². The lowest BCUT2D eigenvalue weighted by Gasteiger charge is -2.26. The zero-order chi connectivity index (χ0) is 22.0. The average Bonchev–Trinajstić information content (AvgIpc) is 3.13. The summed E-state index contributed by atoms with van der Waals surface area (Å²) in [5, 5.41) is 3.35. The molecule has 1 aromatic carbocycles. The summed E-state index contributed by atoms with van der Waals surface area (Å²) >= 11 is 7.15. The Kier molecular flexibility index (Phi) is 6.68. The number of fused-ring (bicyclic) bond motifs is 2. The number of rotatable bonds is 8. The zero-order valence-corrected chi connectivity index (χ0v) is 19.0. The lowest BCUT2D eigenvalue weighted by molar-refractivity contribution is -0.0399. The van der Waals surface area contributed by atoms with Crippen LogP contribution < -0.4 is 15.8 Å². The molecule has 3 heterocycles. The first kappa shape index (κ1) is 21.9. The number of para-hydroxylation sites is 1.